The molecule has 63 heavy (non-hydrogen) atoms. The Labute approximate surface area is 467 Å². The van der Waals surface area contributed by atoms with Crippen molar-refractivity contribution in [1.29, 1.82) is 0 Å². The summed E-state index contributed by atoms with van der Waals surface area (Å²) in [5.41, 5.74) is 1.26. The van der Waals surface area contributed by atoms with Gasteiger partial charge in [-0.1, -0.05) is 189 Å². The maximum absolute atomic E-state index is 5.04. The SMILES string of the molecule is C1CCCC1.CC1CCCC1.CC1CCCC1.CCC1CCCC1.CCC1CCCC1.[CH-]=C(C)[N-]C.[CH-]=C(C)[N-]C.[CH-]=C[N-]C.[CH-]=C[N-]C.[CH-]=C[N-]C.[CH3-].[CH3-].[CH3-].[CH3-].[CH3-].[Ru+2].[Ru+2].[Ru+2].[Ru+2].[Ru+2]. The number of nitrogens with zero attached hydrogens (tertiary/aromatic N) is 5. The molecule has 388 valence electrons. The average molecular weight is 1320 g/mol. The first-order chi connectivity index (χ1) is 25.4. The molecule has 0 aliphatic heterocycles. The molecule has 0 bridgehead atoms. The molecule has 5 aliphatic carbocycles. The Morgan fingerprint density at radius 3 is 0.603 bits per heavy atom. The van der Waals surface area contributed by atoms with E-state index < -0.39 is 0 Å². The van der Waals surface area contributed by atoms with E-state index in [0.29, 0.717) is 11.4 Å². The van der Waals surface area contributed by atoms with Gasteiger partial charge in [0.25, 0.3) is 0 Å². The summed E-state index contributed by atoms with van der Waals surface area (Å²) in [6.07, 6.45) is 38.0. The van der Waals surface area contributed by atoms with Crippen molar-refractivity contribution in [2.75, 3.05) is 35.2 Å². The van der Waals surface area contributed by atoms with Gasteiger partial charge in [0.2, 0.25) is 0 Å². The molecule has 0 unspecified atom stereocenters. The van der Waals surface area contributed by atoms with Crippen LogP contribution in [0.4, 0.5) is 0 Å². The molecule has 0 radical (unpaired) electrons. The van der Waals surface area contributed by atoms with Gasteiger partial charge in [0.05, 0.1) is 0 Å². The topological polar surface area (TPSA) is 70.5 Å². The van der Waals surface area contributed by atoms with Crippen LogP contribution in [0.3, 0.4) is 0 Å². The van der Waals surface area contributed by atoms with E-state index in [-0.39, 0.29) is 135 Å². The zero-order valence-corrected chi connectivity index (χ0v) is 52.9. The molecule has 0 aromatic carbocycles. The first kappa shape index (κ1) is 106. The monoisotopic (exact) mass is 1320 g/mol. The summed E-state index contributed by atoms with van der Waals surface area (Å²) in [5.74, 6) is 4.29. The number of allylic oxidation sites excluding steroid dienone is 2. The second kappa shape index (κ2) is 96.7. The molecule has 5 aliphatic rings. The molecule has 0 aromatic heterocycles. The van der Waals surface area contributed by atoms with E-state index >= 15 is 0 Å². The third-order valence-corrected chi connectivity index (χ3v) is 9.79. The van der Waals surface area contributed by atoms with Gasteiger partial charge in [-0.15, -0.1) is 35.2 Å². The van der Waals surface area contributed by atoms with Crippen LogP contribution in [-0.2, 0) is 97.4 Å². The van der Waals surface area contributed by atoms with Crippen LogP contribution in [0.1, 0.15) is 189 Å². The van der Waals surface area contributed by atoms with Gasteiger partial charge in [-0.3, -0.25) is 0 Å². The van der Waals surface area contributed by atoms with E-state index in [1.165, 1.54) is 166 Å². The average Bonchev–Trinajstić information content (AvgIpc) is 4.04. The van der Waals surface area contributed by atoms with Crippen LogP contribution in [0, 0.1) is 93.7 Å². The summed E-state index contributed by atoms with van der Waals surface area (Å²) in [6.45, 7) is 37.1. The minimum Gasteiger partial charge on any atom is -0.723 e. The van der Waals surface area contributed by atoms with Crippen LogP contribution < -0.4 is 0 Å². The van der Waals surface area contributed by atoms with Gasteiger partial charge < -0.3 is 127 Å². The Balaban J connectivity index is -0.0000000309. The van der Waals surface area contributed by atoms with Crippen molar-refractivity contribution in [1.82, 2.24) is 0 Å². The van der Waals surface area contributed by atoms with Crippen LogP contribution in [0.2, 0.25) is 0 Å². The molecular weight excluding hydrogens is 1210 g/mol. The van der Waals surface area contributed by atoms with Crippen molar-refractivity contribution in [3.8, 4) is 0 Å². The molecule has 0 aromatic rings. The fraction of sp³-hybridized carbons (Fsp3) is 0.717. The Kier molecular flexibility index (Phi) is 162. The maximum atomic E-state index is 5.04. The van der Waals surface area contributed by atoms with Gasteiger partial charge in [0.1, 0.15) is 0 Å². The van der Waals surface area contributed by atoms with Crippen LogP contribution in [0.15, 0.2) is 30.0 Å². The summed E-state index contributed by atoms with van der Waals surface area (Å²) in [4.78, 5) is 0. The largest absolute Gasteiger partial charge is 2.00 e. The zero-order chi connectivity index (χ0) is 41.4. The van der Waals surface area contributed by atoms with Gasteiger partial charge in [-0.05, 0) is 23.7 Å². The number of rotatable bonds is 7. The second-order valence-corrected chi connectivity index (χ2v) is 14.6. The van der Waals surface area contributed by atoms with Crippen molar-refractivity contribution in [2.24, 2.45) is 23.7 Å². The standard InChI is InChI=1S/2C7H14.2C6H12.C5H10.2C4H7N.3C3H5N.5CH3.5Ru/c2*1-2-7-5-3-4-6-7;2*1-6-4-2-3-5-6;1-2-4-5-3-1;2*1-4(2)5-3;3*1-3-4-2;;;;;;;;;;/h2*7H,2-6H2,1H3;2*6H,2-5H2,1H3;1-5H2;2*1H,2-3H3;3*1,3H,2H3;5*1H3;;;;;/q;;;;;5*-2;5*-1;5*+2. The summed E-state index contributed by atoms with van der Waals surface area (Å²) in [7, 11) is 8.20. The van der Waals surface area contributed by atoms with E-state index in [1.54, 1.807) is 49.1 Å². The van der Waals surface area contributed by atoms with Crippen molar-refractivity contribution in [3.05, 3.63) is 127 Å². The second-order valence-electron chi connectivity index (χ2n) is 14.6. The number of hydrogen-bond donors (Lipinski definition) is 0. The normalized spacial score (nSPS) is 14.1. The van der Waals surface area contributed by atoms with Crippen molar-refractivity contribution < 1.29 is 97.4 Å². The molecule has 5 rings (SSSR count). The predicted molar refractivity (Wildman–Crippen MR) is 275 cm³/mol. The van der Waals surface area contributed by atoms with Crippen molar-refractivity contribution >= 4 is 0 Å². The minimum absolute atomic E-state index is 0. The fourth-order valence-electron chi connectivity index (χ4n) is 5.98. The van der Waals surface area contributed by atoms with Gasteiger partial charge in [0, 0.05) is 0 Å². The molecule has 0 atom stereocenters. The maximum Gasteiger partial charge on any atom is 2.00 e. The molecule has 10 heteroatoms. The van der Waals surface area contributed by atoms with E-state index in [0.717, 1.165) is 23.7 Å². The fourth-order valence-corrected chi connectivity index (χ4v) is 5.98. The molecule has 5 saturated carbocycles. The summed E-state index contributed by atoms with van der Waals surface area (Å²) >= 11 is 0. The molecule has 0 saturated heterocycles. The molecule has 0 N–H and O–H groups in total. The first-order valence-electron chi connectivity index (χ1n) is 21.2. The van der Waals surface area contributed by atoms with Crippen LogP contribution in [0.25, 0.3) is 26.6 Å². The Morgan fingerprint density at radius 1 is 0.397 bits per heavy atom. The van der Waals surface area contributed by atoms with E-state index in [4.69, 9.17) is 32.9 Å². The van der Waals surface area contributed by atoms with Gasteiger partial charge in [-0.2, -0.15) is 0 Å². The predicted octanol–water partition coefficient (Wildman–Crippen LogP) is 19.2. The van der Waals surface area contributed by atoms with Gasteiger partial charge in [-0.25, -0.2) is 0 Å². The van der Waals surface area contributed by atoms with E-state index in [9.17, 15) is 0 Å². The van der Waals surface area contributed by atoms with E-state index in [1.807, 2.05) is 0 Å². The summed E-state index contributed by atoms with van der Waals surface area (Å²) < 4.78 is 0. The van der Waals surface area contributed by atoms with E-state index in [2.05, 4.69) is 54.3 Å². The molecule has 0 amide bonds. The van der Waals surface area contributed by atoms with Crippen molar-refractivity contribution in [2.45, 2.75) is 189 Å². The van der Waals surface area contributed by atoms with Crippen LogP contribution in [0.5, 0.6) is 0 Å². The van der Waals surface area contributed by atoms with Gasteiger partial charge in [0.15, 0.2) is 0 Å². The summed E-state index contributed by atoms with van der Waals surface area (Å²) in [6, 6.07) is 0. The molecule has 0 spiro atoms. The van der Waals surface area contributed by atoms with Gasteiger partial charge >= 0.3 is 97.4 Å². The van der Waals surface area contributed by atoms with Crippen LogP contribution >= 0.6 is 0 Å². The molecule has 5 fully saturated rings. The van der Waals surface area contributed by atoms with Crippen LogP contribution in [-0.4, -0.2) is 35.2 Å². The molecular formula is C53H106N5Ru5-5. The third kappa shape index (κ3) is 116. The van der Waals surface area contributed by atoms with Crippen molar-refractivity contribution in [3.63, 3.8) is 0 Å². The Hall–Kier alpha value is 0.817. The summed E-state index contributed by atoms with van der Waals surface area (Å²) in [5, 5.41) is 17.3. The number of hydrogen-bond acceptors (Lipinski definition) is 0. The molecule has 5 nitrogen and oxygen atoms in total. The minimum atomic E-state index is 0. The smallest absolute Gasteiger partial charge is 0.723 e. The Bertz CT molecular complexity index is 661. The quantitative estimate of drug-likeness (QED) is 0.180. The third-order valence-electron chi connectivity index (χ3n) is 9.79. The Morgan fingerprint density at radius 2 is 0.540 bits per heavy atom. The molecule has 0 heterocycles. The zero-order valence-electron chi connectivity index (χ0n) is 44.2. The first-order valence-corrected chi connectivity index (χ1v) is 21.2.